The van der Waals surface area contributed by atoms with E-state index in [-0.39, 0.29) is 5.82 Å². The largest absolute Gasteiger partial charge is 0.338 e. The van der Waals surface area contributed by atoms with Crippen molar-refractivity contribution in [1.82, 2.24) is 15.1 Å². The summed E-state index contributed by atoms with van der Waals surface area (Å²) in [6.45, 7) is 1.70. The zero-order chi connectivity index (χ0) is 15.5. The molecule has 1 aromatic carbocycles. The maximum atomic E-state index is 13.6. The second kappa shape index (κ2) is 6.46. The zero-order valence-corrected chi connectivity index (χ0v) is 13.2. The lowest BCUT2D eigenvalue weighted by Gasteiger charge is -1.99. The van der Waals surface area contributed by atoms with E-state index in [1.165, 1.54) is 17.8 Å². The van der Waals surface area contributed by atoms with E-state index in [0.29, 0.717) is 38.6 Å². The molecule has 0 radical (unpaired) electrons. The second-order valence-electron chi connectivity index (χ2n) is 4.55. The van der Waals surface area contributed by atoms with Crippen molar-refractivity contribution >= 4 is 23.4 Å². The summed E-state index contributed by atoms with van der Waals surface area (Å²) in [5, 5.41) is 5.15. The fourth-order valence-corrected chi connectivity index (χ4v) is 2.77. The molecule has 0 saturated carbocycles. The summed E-state index contributed by atoms with van der Waals surface area (Å²) in [5.74, 6) is 0.945. The van der Waals surface area contributed by atoms with E-state index in [1.807, 2.05) is 0 Å². The lowest BCUT2D eigenvalue weighted by atomic mass is 10.1. The molecule has 2 aromatic heterocycles. The van der Waals surface area contributed by atoms with Crippen LogP contribution in [-0.2, 0) is 5.75 Å². The molecule has 7 heteroatoms. The van der Waals surface area contributed by atoms with Crippen molar-refractivity contribution in [2.24, 2.45) is 0 Å². The predicted octanol–water partition coefficient (Wildman–Crippen LogP) is 4.52. The van der Waals surface area contributed by atoms with Crippen molar-refractivity contribution < 1.29 is 8.91 Å². The standard InChI is InChI=1S/C15H11ClFN3OS/c1-9-4-5-10(7-12(9)17)14-19-13(21-20-14)8-22-15-11(16)3-2-6-18-15/h2-7H,8H2,1H3. The average molecular weight is 336 g/mol. The van der Waals surface area contributed by atoms with Crippen LogP contribution in [-0.4, -0.2) is 15.1 Å². The van der Waals surface area contributed by atoms with Crippen molar-refractivity contribution in [1.29, 1.82) is 0 Å². The smallest absolute Gasteiger partial charge is 0.237 e. The Morgan fingerprint density at radius 3 is 2.95 bits per heavy atom. The highest BCUT2D eigenvalue weighted by molar-refractivity contribution is 7.98. The van der Waals surface area contributed by atoms with Crippen LogP contribution in [0, 0.1) is 12.7 Å². The number of aromatic nitrogens is 3. The van der Waals surface area contributed by atoms with Crippen molar-refractivity contribution in [2.45, 2.75) is 17.7 Å². The van der Waals surface area contributed by atoms with Crippen LogP contribution in [0.5, 0.6) is 0 Å². The summed E-state index contributed by atoms with van der Waals surface area (Å²) in [7, 11) is 0. The molecule has 0 unspecified atom stereocenters. The summed E-state index contributed by atoms with van der Waals surface area (Å²) in [4.78, 5) is 8.43. The van der Waals surface area contributed by atoms with Crippen LogP contribution >= 0.6 is 23.4 Å². The molecule has 0 amide bonds. The molecule has 112 valence electrons. The van der Waals surface area contributed by atoms with E-state index >= 15 is 0 Å². The minimum atomic E-state index is -0.293. The minimum absolute atomic E-state index is 0.293. The average Bonchev–Trinajstić information content (AvgIpc) is 2.98. The third kappa shape index (κ3) is 3.28. The zero-order valence-electron chi connectivity index (χ0n) is 11.6. The third-order valence-corrected chi connectivity index (χ3v) is 4.36. The summed E-state index contributed by atoms with van der Waals surface area (Å²) < 4.78 is 18.7. The molecule has 0 aliphatic carbocycles. The number of aryl methyl sites for hydroxylation is 1. The Kier molecular flexibility index (Phi) is 4.40. The lowest BCUT2D eigenvalue weighted by Crippen LogP contribution is -1.87. The molecule has 3 aromatic rings. The highest BCUT2D eigenvalue weighted by Gasteiger charge is 2.11. The summed E-state index contributed by atoms with van der Waals surface area (Å²) >= 11 is 7.43. The van der Waals surface area contributed by atoms with Crippen LogP contribution in [0.1, 0.15) is 11.5 Å². The Balaban J connectivity index is 1.74. The van der Waals surface area contributed by atoms with E-state index in [0.717, 1.165) is 0 Å². The number of rotatable bonds is 4. The number of thioether (sulfide) groups is 1. The molecule has 0 fully saturated rings. The first-order valence-corrected chi connectivity index (χ1v) is 7.82. The van der Waals surface area contributed by atoms with Gasteiger partial charge >= 0.3 is 0 Å². The Bertz CT molecular complexity index is 809. The molecular formula is C15H11ClFN3OS. The number of halogens is 2. The number of nitrogens with zero attached hydrogens (tertiary/aromatic N) is 3. The first kappa shape index (κ1) is 15.0. The van der Waals surface area contributed by atoms with E-state index in [9.17, 15) is 4.39 Å². The van der Waals surface area contributed by atoms with Gasteiger partial charge in [-0.25, -0.2) is 9.37 Å². The van der Waals surface area contributed by atoms with Gasteiger partial charge in [0.25, 0.3) is 0 Å². The van der Waals surface area contributed by atoms with Gasteiger partial charge in [-0.2, -0.15) is 4.98 Å². The van der Waals surface area contributed by atoms with Gasteiger partial charge in [-0.3, -0.25) is 0 Å². The maximum Gasteiger partial charge on any atom is 0.237 e. The van der Waals surface area contributed by atoms with Crippen molar-refractivity contribution in [3.8, 4) is 11.4 Å². The molecule has 22 heavy (non-hydrogen) atoms. The molecule has 0 aliphatic rings. The highest BCUT2D eigenvalue weighted by Crippen LogP contribution is 2.27. The van der Waals surface area contributed by atoms with Gasteiger partial charge in [0.2, 0.25) is 11.7 Å². The molecule has 0 atom stereocenters. The molecule has 4 nitrogen and oxygen atoms in total. The number of benzene rings is 1. The molecular weight excluding hydrogens is 325 g/mol. The van der Waals surface area contributed by atoms with Crippen molar-refractivity contribution in [3.63, 3.8) is 0 Å². The molecule has 0 N–H and O–H groups in total. The predicted molar refractivity (Wildman–Crippen MR) is 83.2 cm³/mol. The van der Waals surface area contributed by atoms with Crippen LogP contribution < -0.4 is 0 Å². The Labute approximate surface area is 135 Å². The highest BCUT2D eigenvalue weighted by atomic mass is 35.5. The third-order valence-electron chi connectivity index (χ3n) is 2.96. The van der Waals surface area contributed by atoms with Gasteiger partial charge in [0.1, 0.15) is 10.8 Å². The fourth-order valence-electron chi connectivity index (χ4n) is 1.77. The Morgan fingerprint density at radius 2 is 2.18 bits per heavy atom. The van der Waals surface area contributed by atoms with Gasteiger partial charge < -0.3 is 4.52 Å². The van der Waals surface area contributed by atoms with Crippen LogP contribution in [0.2, 0.25) is 5.02 Å². The second-order valence-corrected chi connectivity index (χ2v) is 5.93. The van der Waals surface area contributed by atoms with Gasteiger partial charge in [0.15, 0.2) is 0 Å². The molecule has 0 saturated heterocycles. The normalized spacial score (nSPS) is 10.9. The van der Waals surface area contributed by atoms with Crippen molar-refractivity contribution in [3.05, 3.63) is 58.8 Å². The summed E-state index contributed by atoms with van der Waals surface area (Å²) in [6, 6.07) is 8.37. The van der Waals surface area contributed by atoms with Crippen LogP contribution in [0.4, 0.5) is 4.39 Å². The Hall–Kier alpha value is -1.92. The van der Waals surface area contributed by atoms with Crippen molar-refractivity contribution in [2.75, 3.05) is 0 Å². The van der Waals surface area contributed by atoms with E-state index in [4.69, 9.17) is 16.1 Å². The number of pyridine rings is 1. The van der Waals surface area contributed by atoms with E-state index in [2.05, 4.69) is 15.1 Å². The maximum absolute atomic E-state index is 13.6. The quantitative estimate of drug-likeness (QED) is 0.656. The SMILES string of the molecule is Cc1ccc(-c2noc(CSc3ncccc3Cl)n2)cc1F. The van der Waals surface area contributed by atoms with Gasteiger partial charge in [0.05, 0.1) is 10.8 Å². The van der Waals surface area contributed by atoms with Gasteiger partial charge in [0, 0.05) is 11.8 Å². The van der Waals surface area contributed by atoms with Gasteiger partial charge in [-0.05, 0) is 30.7 Å². The first-order valence-electron chi connectivity index (χ1n) is 6.46. The summed E-state index contributed by atoms with van der Waals surface area (Å²) in [6.07, 6.45) is 1.67. The number of hydrogen-bond acceptors (Lipinski definition) is 5. The van der Waals surface area contributed by atoms with Crippen LogP contribution in [0.25, 0.3) is 11.4 Å². The molecule has 3 rings (SSSR count). The molecule has 0 spiro atoms. The fraction of sp³-hybridized carbons (Fsp3) is 0.133. The molecule has 2 heterocycles. The van der Waals surface area contributed by atoms with Crippen LogP contribution in [0.3, 0.4) is 0 Å². The molecule has 0 bridgehead atoms. The number of hydrogen-bond donors (Lipinski definition) is 0. The van der Waals surface area contributed by atoms with E-state index < -0.39 is 0 Å². The van der Waals surface area contributed by atoms with Gasteiger partial charge in [-0.1, -0.05) is 40.7 Å². The molecule has 0 aliphatic heterocycles. The Morgan fingerprint density at radius 1 is 1.32 bits per heavy atom. The first-order chi connectivity index (χ1) is 10.6. The van der Waals surface area contributed by atoms with Gasteiger partial charge in [-0.15, -0.1) is 0 Å². The topological polar surface area (TPSA) is 51.8 Å². The van der Waals surface area contributed by atoms with Crippen LogP contribution in [0.15, 0.2) is 46.1 Å². The monoisotopic (exact) mass is 335 g/mol. The minimum Gasteiger partial charge on any atom is -0.338 e. The van der Waals surface area contributed by atoms with E-state index in [1.54, 1.807) is 37.4 Å². The lowest BCUT2D eigenvalue weighted by molar-refractivity contribution is 0.391. The summed E-state index contributed by atoms with van der Waals surface area (Å²) in [5.41, 5.74) is 1.16.